The molecular weight excluding hydrogens is 221 g/mol. The number of halogens is 4. The number of hydrogen-bond acceptors (Lipinski definition) is 3. The van der Waals surface area contributed by atoms with Crippen molar-refractivity contribution in [1.29, 1.82) is 0 Å². The van der Waals surface area contributed by atoms with E-state index in [1.165, 1.54) is 0 Å². The minimum absolute atomic E-state index is 0.105. The Morgan fingerprint density at radius 1 is 1.50 bits per heavy atom. The van der Waals surface area contributed by atoms with E-state index in [9.17, 15) is 13.2 Å². The molecule has 14 heavy (non-hydrogen) atoms. The molecule has 0 aliphatic carbocycles. The summed E-state index contributed by atoms with van der Waals surface area (Å²) in [6, 6.07) is 0. The zero-order valence-electron chi connectivity index (χ0n) is 7.31. The lowest BCUT2D eigenvalue weighted by atomic mass is 10.3. The number of nitrogens with zero attached hydrogens (tertiary/aromatic N) is 2. The lowest BCUT2D eigenvalue weighted by Crippen LogP contribution is -2.11. The number of alkyl halides is 4. The van der Waals surface area contributed by atoms with Crippen molar-refractivity contribution in [1.82, 2.24) is 10.1 Å². The van der Waals surface area contributed by atoms with Crippen molar-refractivity contribution in [3.05, 3.63) is 11.7 Å². The Bertz CT molecular complexity index is 299. The van der Waals surface area contributed by atoms with Gasteiger partial charge in [-0.05, 0) is 6.42 Å². The zero-order valence-corrected chi connectivity index (χ0v) is 8.06. The largest absolute Gasteiger partial charge is 0.397 e. The first-order valence-electron chi connectivity index (χ1n) is 3.95. The smallest absolute Gasteiger partial charge is 0.339 e. The van der Waals surface area contributed by atoms with Gasteiger partial charge in [0.2, 0.25) is 5.89 Å². The second-order valence-electron chi connectivity index (χ2n) is 2.71. The van der Waals surface area contributed by atoms with Crippen molar-refractivity contribution < 1.29 is 17.7 Å². The molecule has 0 saturated heterocycles. The van der Waals surface area contributed by atoms with Crippen LogP contribution in [0.25, 0.3) is 0 Å². The van der Waals surface area contributed by atoms with E-state index < -0.39 is 23.9 Å². The third-order valence-corrected chi connectivity index (χ3v) is 1.98. The van der Waals surface area contributed by atoms with Gasteiger partial charge in [-0.3, -0.25) is 0 Å². The molecule has 0 amide bonds. The maximum absolute atomic E-state index is 11.9. The molecule has 0 spiro atoms. The summed E-state index contributed by atoms with van der Waals surface area (Å²) < 4.78 is 40.0. The monoisotopic (exact) mass is 228 g/mol. The molecule has 0 bridgehead atoms. The summed E-state index contributed by atoms with van der Waals surface area (Å²) >= 11 is 5.71. The molecule has 80 valence electrons. The van der Waals surface area contributed by atoms with Gasteiger partial charge < -0.3 is 4.52 Å². The van der Waals surface area contributed by atoms with Gasteiger partial charge in [-0.1, -0.05) is 12.1 Å². The highest BCUT2D eigenvalue weighted by Crippen LogP contribution is 2.24. The average molecular weight is 229 g/mol. The Morgan fingerprint density at radius 2 is 2.14 bits per heavy atom. The maximum atomic E-state index is 11.9. The van der Waals surface area contributed by atoms with Gasteiger partial charge in [0, 0.05) is 0 Å². The molecule has 0 aromatic carbocycles. The lowest BCUT2D eigenvalue weighted by molar-refractivity contribution is -0.131. The van der Waals surface area contributed by atoms with Crippen LogP contribution >= 0.6 is 11.6 Å². The van der Waals surface area contributed by atoms with Crippen LogP contribution in [0.5, 0.6) is 0 Å². The van der Waals surface area contributed by atoms with E-state index >= 15 is 0 Å². The van der Waals surface area contributed by atoms with Gasteiger partial charge in [-0.25, -0.2) is 0 Å². The maximum Gasteiger partial charge on any atom is 0.397 e. The molecule has 0 radical (unpaired) electrons. The fourth-order valence-corrected chi connectivity index (χ4v) is 0.910. The summed E-state index contributed by atoms with van der Waals surface area (Å²) in [7, 11) is 0. The second-order valence-corrected chi connectivity index (χ2v) is 3.24. The van der Waals surface area contributed by atoms with Crippen LogP contribution < -0.4 is 0 Å². The molecule has 0 aliphatic heterocycles. The summed E-state index contributed by atoms with van der Waals surface area (Å²) in [5.41, 5.74) is 0. The highest BCUT2D eigenvalue weighted by atomic mass is 35.5. The van der Waals surface area contributed by atoms with Crippen LogP contribution in [-0.4, -0.2) is 16.3 Å². The lowest BCUT2D eigenvalue weighted by Gasteiger charge is -2.00. The van der Waals surface area contributed by atoms with E-state index in [0.717, 1.165) is 0 Å². The first kappa shape index (κ1) is 11.3. The van der Waals surface area contributed by atoms with Crippen LogP contribution in [0.15, 0.2) is 4.52 Å². The third-order valence-electron chi connectivity index (χ3n) is 1.47. The minimum Gasteiger partial charge on any atom is -0.339 e. The summed E-state index contributed by atoms with van der Waals surface area (Å²) in [6.07, 6.45) is -5.02. The van der Waals surface area contributed by atoms with Crippen molar-refractivity contribution >= 4 is 11.6 Å². The summed E-state index contributed by atoms with van der Waals surface area (Å²) in [4.78, 5) is 3.54. The number of hydrogen-bond donors (Lipinski definition) is 0. The third kappa shape index (κ3) is 3.17. The first-order chi connectivity index (χ1) is 6.42. The Hall–Kier alpha value is -0.780. The number of rotatable bonds is 3. The van der Waals surface area contributed by atoms with Gasteiger partial charge in [0.1, 0.15) is 6.42 Å². The quantitative estimate of drug-likeness (QED) is 0.747. The Balaban J connectivity index is 2.69. The van der Waals surface area contributed by atoms with Crippen molar-refractivity contribution in [3.63, 3.8) is 0 Å². The van der Waals surface area contributed by atoms with Crippen molar-refractivity contribution in [2.24, 2.45) is 0 Å². The van der Waals surface area contributed by atoms with Crippen LogP contribution in [0.3, 0.4) is 0 Å². The van der Waals surface area contributed by atoms with Gasteiger partial charge in [-0.15, -0.1) is 11.6 Å². The number of aromatic nitrogens is 2. The van der Waals surface area contributed by atoms with Crippen LogP contribution in [0, 0.1) is 0 Å². The molecule has 7 heteroatoms. The van der Waals surface area contributed by atoms with Crippen molar-refractivity contribution in [2.45, 2.75) is 31.3 Å². The minimum atomic E-state index is -4.34. The Morgan fingerprint density at radius 3 is 2.64 bits per heavy atom. The summed E-state index contributed by atoms with van der Waals surface area (Å²) in [5, 5.41) is 2.85. The molecule has 0 N–H and O–H groups in total. The molecule has 1 heterocycles. The predicted molar refractivity (Wildman–Crippen MR) is 42.9 cm³/mol. The fraction of sp³-hybridized carbons (Fsp3) is 0.714. The van der Waals surface area contributed by atoms with E-state index in [1.807, 2.05) is 0 Å². The Kier molecular flexibility index (Phi) is 3.36. The van der Waals surface area contributed by atoms with Gasteiger partial charge in [-0.2, -0.15) is 18.2 Å². The average Bonchev–Trinajstić information content (AvgIpc) is 2.48. The SMILES string of the molecule is CCC(Cl)c1noc(CC(F)(F)F)n1. The normalized spacial score (nSPS) is 14.4. The topological polar surface area (TPSA) is 38.9 Å². The molecule has 1 aromatic heterocycles. The standard InChI is InChI=1S/C7H8ClF3N2O/c1-2-4(8)6-12-5(14-13-6)3-7(9,10)11/h4H,2-3H2,1H3. The highest BCUT2D eigenvalue weighted by molar-refractivity contribution is 6.20. The van der Waals surface area contributed by atoms with E-state index in [4.69, 9.17) is 11.6 Å². The molecule has 1 rings (SSSR count). The van der Waals surface area contributed by atoms with Crippen LogP contribution in [-0.2, 0) is 6.42 Å². The van der Waals surface area contributed by atoms with Gasteiger partial charge in [0.15, 0.2) is 5.82 Å². The predicted octanol–water partition coefficient (Wildman–Crippen LogP) is 2.86. The molecule has 1 unspecified atom stereocenters. The van der Waals surface area contributed by atoms with Gasteiger partial charge in [0.25, 0.3) is 0 Å². The van der Waals surface area contributed by atoms with Crippen LogP contribution in [0.1, 0.15) is 30.4 Å². The van der Waals surface area contributed by atoms with Gasteiger partial charge >= 0.3 is 6.18 Å². The van der Waals surface area contributed by atoms with Crippen LogP contribution in [0.2, 0.25) is 0 Å². The van der Waals surface area contributed by atoms with Crippen molar-refractivity contribution in [3.8, 4) is 0 Å². The molecule has 1 aromatic rings. The zero-order chi connectivity index (χ0) is 10.8. The first-order valence-corrected chi connectivity index (χ1v) is 4.39. The molecular formula is C7H8ClF3N2O. The van der Waals surface area contributed by atoms with Crippen LogP contribution in [0.4, 0.5) is 13.2 Å². The molecule has 3 nitrogen and oxygen atoms in total. The van der Waals surface area contributed by atoms with Gasteiger partial charge in [0.05, 0.1) is 5.38 Å². The molecule has 0 aliphatic rings. The van der Waals surface area contributed by atoms with E-state index in [1.54, 1.807) is 6.92 Å². The van der Waals surface area contributed by atoms with E-state index in [2.05, 4.69) is 14.7 Å². The van der Waals surface area contributed by atoms with E-state index in [0.29, 0.717) is 6.42 Å². The van der Waals surface area contributed by atoms with Crippen molar-refractivity contribution in [2.75, 3.05) is 0 Å². The Labute approximate surface area is 83.2 Å². The summed E-state index contributed by atoms with van der Waals surface area (Å²) in [6.45, 7) is 1.78. The highest BCUT2D eigenvalue weighted by Gasteiger charge is 2.31. The van der Waals surface area contributed by atoms with E-state index in [-0.39, 0.29) is 5.82 Å². The second kappa shape index (κ2) is 4.16. The fourth-order valence-electron chi connectivity index (χ4n) is 0.821. The molecule has 0 saturated carbocycles. The molecule has 0 fully saturated rings. The summed E-state index contributed by atoms with van der Waals surface area (Å²) in [5.74, 6) is -0.347. The molecule has 1 atom stereocenters.